The van der Waals surface area contributed by atoms with E-state index in [9.17, 15) is 14.9 Å². The normalized spacial score (nSPS) is 14.2. The third-order valence-corrected chi connectivity index (χ3v) is 5.10. The molecule has 0 aliphatic carbocycles. The number of aromatic nitrogens is 2. The van der Waals surface area contributed by atoms with Crippen molar-refractivity contribution in [3.63, 3.8) is 0 Å². The zero-order valence-electron chi connectivity index (χ0n) is 15.6. The zero-order chi connectivity index (χ0) is 20.7. The molecule has 0 saturated carbocycles. The van der Waals surface area contributed by atoms with Crippen LogP contribution >= 0.6 is 11.6 Å². The van der Waals surface area contributed by atoms with Crippen molar-refractivity contribution in [1.82, 2.24) is 9.55 Å². The van der Waals surface area contributed by atoms with Gasteiger partial charge in [0.05, 0.1) is 41.7 Å². The lowest BCUT2D eigenvalue weighted by atomic mass is 10.1. The van der Waals surface area contributed by atoms with Crippen LogP contribution in [-0.2, 0) is 6.54 Å². The minimum Gasteiger partial charge on any atom is -0.493 e. The van der Waals surface area contributed by atoms with Gasteiger partial charge in [-0.05, 0) is 42.3 Å². The number of nitro groups is 1. The van der Waals surface area contributed by atoms with Gasteiger partial charge in [-0.25, -0.2) is 4.98 Å². The Hall–Kier alpha value is -3.39. The van der Waals surface area contributed by atoms with E-state index >= 15 is 0 Å². The molecular formula is C20H16ClN3O5. The molecule has 0 unspecified atom stereocenters. The molecule has 0 saturated heterocycles. The smallest absolute Gasteiger partial charge is 0.280 e. The number of rotatable bonds is 4. The summed E-state index contributed by atoms with van der Waals surface area (Å²) in [5, 5.41) is 12.5. The van der Waals surface area contributed by atoms with Crippen LogP contribution in [0.15, 0.2) is 35.1 Å². The molecule has 0 radical (unpaired) electrons. The molecule has 8 nitrogen and oxygen atoms in total. The maximum Gasteiger partial charge on any atom is 0.280 e. The number of methoxy groups -OCH3 is 2. The molecule has 2 aromatic carbocycles. The van der Waals surface area contributed by atoms with E-state index in [1.165, 1.54) is 20.3 Å². The first-order chi connectivity index (χ1) is 13.9. The second-order valence-corrected chi connectivity index (χ2v) is 6.93. The highest BCUT2D eigenvalue weighted by Gasteiger charge is 2.24. The number of allylic oxidation sites excluding steroid dienone is 1. The summed E-state index contributed by atoms with van der Waals surface area (Å²) in [5.41, 5.74) is 1.27. The minimum absolute atomic E-state index is 0.125. The van der Waals surface area contributed by atoms with Crippen LogP contribution in [0.3, 0.4) is 0 Å². The molecule has 1 aliphatic heterocycles. The Balaban J connectivity index is 1.92. The first-order valence-electron chi connectivity index (χ1n) is 8.74. The Bertz CT molecular complexity index is 1250. The summed E-state index contributed by atoms with van der Waals surface area (Å²) in [4.78, 5) is 28.5. The molecule has 1 aliphatic rings. The lowest BCUT2D eigenvalue weighted by Gasteiger charge is -2.09. The number of halogens is 1. The summed E-state index contributed by atoms with van der Waals surface area (Å²) in [7, 11) is 2.88. The van der Waals surface area contributed by atoms with Crippen LogP contribution in [0.1, 0.15) is 17.8 Å². The molecule has 2 heterocycles. The van der Waals surface area contributed by atoms with Crippen molar-refractivity contribution in [2.75, 3.05) is 14.2 Å². The van der Waals surface area contributed by atoms with E-state index in [4.69, 9.17) is 21.1 Å². The van der Waals surface area contributed by atoms with Crippen LogP contribution in [0.5, 0.6) is 11.5 Å². The molecule has 3 aromatic rings. The van der Waals surface area contributed by atoms with Gasteiger partial charge >= 0.3 is 0 Å². The van der Waals surface area contributed by atoms with Crippen molar-refractivity contribution in [2.24, 2.45) is 0 Å². The number of nitrogens with zero attached hydrogens (tertiary/aromatic N) is 3. The standard InChI is InChI=1S/C20H16ClN3O5/c1-28-17-8-12(16(24(26)27)10-18(17)29-2)7-11-5-6-23-19(11)22-15-9-13(21)3-4-14(15)20(23)25/h3-4,7-10H,5-6H2,1-2H3/b11-7-. The Morgan fingerprint density at radius 1 is 1.21 bits per heavy atom. The van der Waals surface area contributed by atoms with Gasteiger partial charge in [0, 0.05) is 11.6 Å². The van der Waals surface area contributed by atoms with Crippen LogP contribution in [0, 0.1) is 10.1 Å². The summed E-state index contributed by atoms with van der Waals surface area (Å²) >= 11 is 6.04. The third kappa shape index (κ3) is 3.21. The maximum atomic E-state index is 12.8. The summed E-state index contributed by atoms with van der Waals surface area (Å²) < 4.78 is 12.0. The first-order valence-corrected chi connectivity index (χ1v) is 9.12. The van der Waals surface area contributed by atoms with E-state index < -0.39 is 4.92 Å². The number of hydrogen-bond acceptors (Lipinski definition) is 6. The fourth-order valence-electron chi connectivity index (χ4n) is 3.47. The van der Waals surface area contributed by atoms with Gasteiger partial charge in [-0.1, -0.05) is 11.6 Å². The molecule has 29 heavy (non-hydrogen) atoms. The van der Waals surface area contributed by atoms with Crippen LogP contribution in [0.4, 0.5) is 5.69 Å². The lowest BCUT2D eigenvalue weighted by molar-refractivity contribution is -0.385. The van der Waals surface area contributed by atoms with Crippen LogP contribution in [0.2, 0.25) is 5.02 Å². The quantitative estimate of drug-likeness (QED) is 0.475. The lowest BCUT2D eigenvalue weighted by Crippen LogP contribution is -2.20. The Morgan fingerprint density at radius 3 is 2.62 bits per heavy atom. The molecule has 0 atom stereocenters. The maximum absolute atomic E-state index is 12.8. The van der Waals surface area contributed by atoms with Crippen molar-refractivity contribution in [2.45, 2.75) is 13.0 Å². The topological polar surface area (TPSA) is 96.5 Å². The van der Waals surface area contributed by atoms with Crippen molar-refractivity contribution in [1.29, 1.82) is 0 Å². The fourth-order valence-corrected chi connectivity index (χ4v) is 3.64. The second kappa shape index (κ2) is 7.21. The van der Waals surface area contributed by atoms with Gasteiger partial charge < -0.3 is 9.47 Å². The zero-order valence-corrected chi connectivity index (χ0v) is 16.4. The highest BCUT2D eigenvalue weighted by Crippen LogP contribution is 2.37. The van der Waals surface area contributed by atoms with E-state index in [1.54, 1.807) is 34.9 Å². The average Bonchev–Trinajstić information content (AvgIpc) is 3.10. The predicted octanol–water partition coefficient (Wildman–Crippen LogP) is 3.92. The highest BCUT2D eigenvalue weighted by atomic mass is 35.5. The van der Waals surface area contributed by atoms with E-state index in [1.807, 2.05) is 0 Å². The molecule has 0 bridgehead atoms. The summed E-state index contributed by atoms with van der Waals surface area (Å²) in [6.07, 6.45) is 2.19. The van der Waals surface area contributed by atoms with Crippen LogP contribution in [-0.4, -0.2) is 28.7 Å². The number of fused-ring (bicyclic) bond motifs is 2. The van der Waals surface area contributed by atoms with Crippen molar-refractivity contribution in [3.05, 3.63) is 67.2 Å². The number of ether oxygens (including phenoxy) is 2. The van der Waals surface area contributed by atoms with E-state index in [0.29, 0.717) is 46.0 Å². The van der Waals surface area contributed by atoms with Crippen LogP contribution < -0.4 is 15.0 Å². The Morgan fingerprint density at radius 2 is 1.93 bits per heavy atom. The first kappa shape index (κ1) is 18.9. The highest BCUT2D eigenvalue weighted by molar-refractivity contribution is 6.31. The fraction of sp³-hybridized carbons (Fsp3) is 0.200. The van der Waals surface area contributed by atoms with Gasteiger partial charge in [0.2, 0.25) is 0 Å². The molecule has 0 fully saturated rings. The molecule has 1 aromatic heterocycles. The van der Waals surface area contributed by atoms with E-state index in [2.05, 4.69) is 4.98 Å². The number of hydrogen-bond donors (Lipinski definition) is 0. The van der Waals surface area contributed by atoms with E-state index in [0.717, 1.165) is 5.57 Å². The van der Waals surface area contributed by atoms with Crippen molar-refractivity contribution < 1.29 is 14.4 Å². The minimum atomic E-state index is -0.482. The number of nitro benzene ring substituents is 1. The van der Waals surface area contributed by atoms with Crippen LogP contribution in [0.25, 0.3) is 22.6 Å². The van der Waals surface area contributed by atoms with Gasteiger partial charge in [0.15, 0.2) is 11.5 Å². The Kier molecular flexibility index (Phi) is 4.71. The van der Waals surface area contributed by atoms with Crippen molar-refractivity contribution in [3.8, 4) is 11.5 Å². The van der Waals surface area contributed by atoms with Gasteiger partial charge in [0.25, 0.3) is 11.2 Å². The molecule has 0 spiro atoms. The largest absolute Gasteiger partial charge is 0.493 e. The van der Waals surface area contributed by atoms with Gasteiger partial charge in [-0.15, -0.1) is 0 Å². The second-order valence-electron chi connectivity index (χ2n) is 6.50. The summed E-state index contributed by atoms with van der Waals surface area (Å²) in [6, 6.07) is 7.80. The molecule has 148 valence electrons. The average molecular weight is 414 g/mol. The van der Waals surface area contributed by atoms with Gasteiger partial charge in [-0.3, -0.25) is 19.5 Å². The summed E-state index contributed by atoms with van der Waals surface area (Å²) in [5.74, 6) is 1.12. The van der Waals surface area contributed by atoms with Gasteiger partial charge in [0.1, 0.15) is 5.82 Å². The molecular weight excluding hydrogens is 398 g/mol. The molecule has 4 rings (SSSR count). The number of benzene rings is 2. The molecule has 9 heteroatoms. The third-order valence-electron chi connectivity index (χ3n) is 4.87. The SMILES string of the molecule is COc1cc(/C=C2/CCn3c2nc2cc(Cl)ccc2c3=O)c([N+](=O)[O-])cc1OC. The predicted molar refractivity (Wildman–Crippen MR) is 110 cm³/mol. The Labute approximate surface area is 170 Å². The molecule has 0 N–H and O–H groups in total. The summed E-state index contributed by atoms with van der Waals surface area (Å²) in [6.45, 7) is 0.451. The van der Waals surface area contributed by atoms with E-state index in [-0.39, 0.29) is 17.0 Å². The monoisotopic (exact) mass is 413 g/mol. The molecule has 0 amide bonds. The van der Waals surface area contributed by atoms with Gasteiger partial charge in [-0.2, -0.15) is 0 Å². The van der Waals surface area contributed by atoms with Crippen molar-refractivity contribution >= 4 is 39.8 Å².